The Bertz CT molecular complexity index is 1100. The molecule has 4 aromatic carbocycles. The number of hydrogen-bond acceptors (Lipinski definition) is 2. The predicted molar refractivity (Wildman–Crippen MR) is 117 cm³/mol. The summed E-state index contributed by atoms with van der Waals surface area (Å²) in [5, 5.41) is 21.3. The van der Waals surface area contributed by atoms with Crippen LogP contribution in [0.1, 0.15) is 20.7 Å². The van der Waals surface area contributed by atoms with Crippen LogP contribution in [0.2, 0.25) is 0 Å². The first-order valence-corrected chi connectivity index (χ1v) is 9.80. The molecule has 0 radical (unpaired) electrons. The Morgan fingerprint density at radius 3 is 1.21 bits per heavy atom. The molecule has 0 aromatic heterocycles. The Balaban J connectivity index is 0.000000200. The summed E-state index contributed by atoms with van der Waals surface area (Å²) >= 11 is 6.71. The summed E-state index contributed by atoms with van der Waals surface area (Å²) in [5.41, 5.74) is 0.657. The Morgan fingerprint density at radius 2 is 0.897 bits per heavy atom. The molecule has 142 valence electrons. The van der Waals surface area contributed by atoms with Crippen LogP contribution in [0, 0.1) is 0 Å². The summed E-state index contributed by atoms with van der Waals surface area (Å²) in [5.74, 6) is -1.80. The number of aromatic carboxylic acids is 2. The van der Waals surface area contributed by atoms with Crippen molar-refractivity contribution in [1.29, 1.82) is 0 Å². The van der Waals surface area contributed by atoms with E-state index in [-0.39, 0.29) is 27.3 Å². The number of benzene rings is 4. The van der Waals surface area contributed by atoms with Crippen LogP contribution >= 0.6 is 31.9 Å². The van der Waals surface area contributed by atoms with E-state index < -0.39 is 11.9 Å². The van der Waals surface area contributed by atoms with Gasteiger partial charge in [-0.25, -0.2) is 9.59 Å². The van der Waals surface area contributed by atoms with Crippen molar-refractivity contribution in [2.45, 2.75) is 0 Å². The maximum Gasteiger partial charge on any atom is 0.336 e. The quantitative estimate of drug-likeness (QED) is 0.250. The Kier molecular flexibility index (Phi) is 8.36. The number of rotatable bonds is 2. The van der Waals surface area contributed by atoms with Crippen molar-refractivity contribution in [2.24, 2.45) is 0 Å². The van der Waals surface area contributed by atoms with Crippen LogP contribution < -0.4 is 0 Å². The first-order valence-electron chi connectivity index (χ1n) is 8.21. The van der Waals surface area contributed by atoms with E-state index in [2.05, 4.69) is 31.9 Å². The second-order valence-corrected chi connectivity index (χ2v) is 7.61. The van der Waals surface area contributed by atoms with Gasteiger partial charge < -0.3 is 10.2 Å². The van der Waals surface area contributed by atoms with Crippen molar-refractivity contribution < 1.29 is 47.1 Å². The van der Waals surface area contributed by atoms with Gasteiger partial charge in [-0.15, -0.1) is 0 Å². The molecular weight excluding hydrogens is 600 g/mol. The first-order chi connectivity index (χ1) is 13.4. The van der Waals surface area contributed by atoms with Gasteiger partial charge in [-0.3, -0.25) is 0 Å². The third-order valence-corrected chi connectivity index (χ3v) is 5.49. The molecule has 0 aliphatic carbocycles. The Morgan fingerprint density at radius 1 is 0.586 bits per heavy atom. The van der Waals surface area contributed by atoms with Gasteiger partial charge >= 0.3 is 11.9 Å². The molecule has 0 atom stereocenters. The summed E-state index contributed by atoms with van der Waals surface area (Å²) in [4.78, 5) is 21.9. The molecule has 0 saturated carbocycles. The van der Waals surface area contributed by atoms with Crippen LogP contribution in [0.15, 0.2) is 81.7 Å². The monoisotopic (exact) mass is 614 g/mol. The number of carbonyl (C=O) groups is 2. The van der Waals surface area contributed by atoms with Crippen LogP contribution in [-0.2, 0) is 27.3 Å². The van der Waals surface area contributed by atoms with Crippen molar-refractivity contribution in [2.75, 3.05) is 0 Å². The van der Waals surface area contributed by atoms with Gasteiger partial charge in [-0.05, 0) is 35.0 Å². The van der Waals surface area contributed by atoms with Crippen LogP contribution in [-0.4, -0.2) is 22.2 Å². The van der Waals surface area contributed by atoms with Gasteiger partial charge in [-0.1, -0.05) is 80.4 Å². The molecule has 0 bridgehead atoms. The number of halogens is 2. The van der Waals surface area contributed by atoms with E-state index in [0.29, 0.717) is 11.1 Å². The zero-order chi connectivity index (χ0) is 20.3. The van der Waals surface area contributed by atoms with E-state index >= 15 is 0 Å². The molecule has 29 heavy (non-hydrogen) atoms. The summed E-state index contributed by atoms with van der Waals surface area (Å²) in [6.07, 6.45) is 0. The second-order valence-electron chi connectivity index (χ2n) is 5.90. The fourth-order valence-electron chi connectivity index (χ4n) is 2.95. The number of carboxylic acid groups (broad SMARTS) is 2. The Hall–Kier alpha value is -1.78. The molecule has 4 aromatic rings. The third-order valence-electron chi connectivity index (χ3n) is 4.17. The summed E-state index contributed by atoms with van der Waals surface area (Å²) in [6, 6.07) is 21.7. The largest absolute Gasteiger partial charge is 0.478 e. The molecule has 4 nitrogen and oxygen atoms in total. The van der Waals surface area contributed by atoms with E-state index in [1.165, 1.54) is 0 Å². The van der Waals surface area contributed by atoms with E-state index in [0.717, 1.165) is 30.5 Å². The number of carboxylic acids is 2. The fourth-order valence-corrected chi connectivity index (χ4v) is 4.14. The summed E-state index contributed by atoms with van der Waals surface area (Å²) < 4.78 is 1.63. The van der Waals surface area contributed by atoms with Gasteiger partial charge in [0.15, 0.2) is 0 Å². The molecule has 0 saturated heterocycles. The van der Waals surface area contributed by atoms with Gasteiger partial charge in [-0.2, -0.15) is 0 Å². The van der Waals surface area contributed by atoms with Crippen LogP contribution in [0.4, 0.5) is 0 Å². The zero-order valence-electron chi connectivity index (χ0n) is 15.1. The maximum absolute atomic E-state index is 10.9. The van der Waals surface area contributed by atoms with Crippen LogP contribution in [0.3, 0.4) is 0 Å². The molecule has 0 aliphatic rings. The normalized spacial score (nSPS) is 10.0. The van der Waals surface area contributed by atoms with Gasteiger partial charge in [0.2, 0.25) is 0 Å². The number of hydrogen-bond donors (Lipinski definition) is 2. The van der Waals surface area contributed by atoms with Gasteiger partial charge in [0, 0.05) is 47.0 Å². The molecule has 0 amide bonds. The van der Waals surface area contributed by atoms with Gasteiger partial charge in [0.05, 0.1) is 11.1 Å². The van der Waals surface area contributed by atoms with E-state index in [9.17, 15) is 9.59 Å². The molecule has 2 N–H and O–H groups in total. The van der Waals surface area contributed by atoms with Crippen molar-refractivity contribution in [3.63, 3.8) is 0 Å². The van der Waals surface area contributed by atoms with E-state index in [1.54, 1.807) is 24.3 Å². The van der Waals surface area contributed by atoms with Crippen LogP contribution in [0.5, 0.6) is 0 Å². The van der Waals surface area contributed by atoms with Crippen molar-refractivity contribution >= 4 is 65.3 Å². The molecule has 7 heteroatoms. The first kappa shape index (κ1) is 23.5. The minimum absolute atomic E-state index is 0. The minimum Gasteiger partial charge on any atom is -0.478 e. The smallest absolute Gasteiger partial charge is 0.336 e. The average Bonchev–Trinajstić information content (AvgIpc) is 2.68. The molecule has 0 unspecified atom stereocenters. The molecule has 4 rings (SSSR count). The Labute approximate surface area is 204 Å². The molecule has 0 fully saturated rings. The molecular formula is C22H14Br2CdO4. The topological polar surface area (TPSA) is 74.6 Å². The van der Waals surface area contributed by atoms with Crippen molar-refractivity contribution in [1.82, 2.24) is 0 Å². The molecule has 0 aliphatic heterocycles. The van der Waals surface area contributed by atoms with Crippen molar-refractivity contribution in [3.05, 3.63) is 92.9 Å². The summed E-state index contributed by atoms with van der Waals surface area (Å²) in [7, 11) is 0. The maximum atomic E-state index is 10.9. The zero-order valence-corrected chi connectivity index (χ0v) is 22.3. The summed E-state index contributed by atoms with van der Waals surface area (Å²) in [6.45, 7) is 0. The molecule has 0 spiro atoms. The standard InChI is InChI=1S/2C11H7BrO2.Cd/c2*12-9-6-2-4-7-3-1-5-8(10(7)9)11(13)14;/h2*1-6H,(H,13,14);. The van der Waals surface area contributed by atoms with Crippen LogP contribution in [0.25, 0.3) is 21.5 Å². The predicted octanol–water partition coefficient (Wildman–Crippen LogP) is 6.60. The fraction of sp³-hybridized carbons (Fsp3) is 0. The SMILES string of the molecule is O=C(O)c1cccc2cccc(Br)c12.O=C(O)c1cccc2cccc(Br)c12.[Cd]. The second kappa shape index (κ2) is 10.3. The van der Waals surface area contributed by atoms with E-state index in [4.69, 9.17) is 10.2 Å². The molecule has 0 heterocycles. The van der Waals surface area contributed by atoms with Crippen molar-refractivity contribution in [3.8, 4) is 0 Å². The number of fused-ring (bicyclic) bond motifs is 2. The third kappa shape index (κ3) is 5.23. The average molecular weight is 615 g/mol. The van der Waals surface area contributed by atoms with E-state index in [1.807, 2.05) is 48.5 Å². The minimum atomic E-state index is -0.900. The van der Waals surface area contributed by atoms with Gasteiger partial charge in [0.1, 0.15) is 0 Å². The van der Waals surface area contributed by atoms with Gasteiger partial charge in [0.25, 0.3) is 0 Å².